The van der Waals surface area contributed by atoms with Crippen molar-refractivity contribution < 1.29 is 23.2 Å². The molecule has 0 fully saturated rings. The van der Waals surface area contributed by atoms with Crippen LogP contribution in [0.4, 0.5) is 14.5 Å². The first-order chi connectivity index (χ1) is 8.80. The van der Waals surface area contributed by atoms with Gasteiger partial charge in [-0.05, 0) is 12.5 Å². The number of carbonyl (C=O) groups excluding carboxylic acids is 1. The number of hydrogen-bond acceptors (Lipinski definition) is 5. The van der Waals surface area contributed by atoms with Gasteiger partial charge in [-0.15, -0.1) is 0 Å². The molecular weight excluding hydrogens is 262 g/mol. The van der Waals surface area contributed by atoms with E-state index < -0.39 is 22.9 Å². The molecule has 0 saturated carbocycles. The molecule has 1 atom stereocenters. The Balaban J connectivity index is 2.95. The van der Waals surface area contributed by atoms with E-state index in [2.05, 4.69) is 4.74 Å². The number of halogens is 2. The van der Waals surface area contributed by atoms with E-state index in [1.165, 1.54) is 6.92 Å². The third-order valence-corrected chi connectivity index (χ3v) is 2.40. The molecule has 6 nitrogen and oxygen atoms in total. The summed E-state index contributed by atoms with van der Waals surface area (Å²) in [5.41, 5.74) is 4.96. The highest BCUT2D eigenvalue weighted by Gasteiger charge is 2.47. The van der Waals surface area contributed by atoms with Gasteiger partial charge in [0.25, 0.3) is 5.69 Å². The van der Waals surface area contributed by atoms with Crippen LogP contribution in [-0.2, 0) is 9.53 Å². The molecule has 8 heteroatoms. The highest BCUT2D eigenvalue weighted by Crippen LogP contribution is 2.31. The van der Waals surface area contributed by atoms with Crippen molar-refractivity contribution in [2.45, 2.75) is 18.9 Å². The summed E-state index contributed by atoms with van der Waals surface area (Å²) in [5.74, 6) is -5.62. The van der Waals surface area contributed by atoms with Gasteiger partial charge < -0.3 is 10.5 Å². The van der Waals surface area contributed by atoms with E-state index in [1.807, 2.05) is 0 Å². The number of benzene rings is 1. The Morgan fingerprint density at radius 2 is 2.00 bits per heavy atom. The SMILES string of the molecule is CCOC(=O)C(F)(F)[C@H](N)c1ccc([N+](=O)[O-])cc1. The normalized spacial score (nSPS) is 12.8. The molecule has 0 spiro atoms. The largest absolute Gasteiger partial charge is 0.462 e. The van der Waals surface area contributed by atoms with Gasteiger partial charge in [0.2, 0.25) is 0 Å². The molecule has 0 amide bonds. The molecule has 0 aliphatic heterocycles. The van der Waals surface area contributed by atoms with Gasteiger partial charge in [0.1, 0.15) is 6.04 Å². The first-order valence-corrected chi connectivity index (χ1v) is 5.35. The van der Waals surface area contributed by atoms with Crippen molar-refractivity contribution >= 4 is 11.7 Å². The number of carbonyl (C=O) groups is 1. The maximum absolute atomic E-state index is 13.6. The van der Waals surface area contributed by atoms with Crippen molar-refractivity contribution in [2.24, 2.45) is 5.73 Å². The van der Waals surface area contributed by atoms with Crippen molar-refractivity contribution in [1.29, 1.82) is 0 Å². The second-order valence-electron chi connectivity index (χ2n) is 3.67. The van der Waals surface area contributed by atoms with Crippen LogP contribution >= 0.6 is 0 Å². The zero-order valence-electron chi connectivity index (χ0n) is 10.0. The number of nitrogens with zero attached hydrogens (tertiary/aromatic N) is 1. The van der Waals surface area contributed by atoms with Gasteiger partial charge >= 0.3 is 11.9 Å². The van der Waals surface area contributed by atoms with Crippen LogP contribution in [-0.4, -0.2) is 23.4 Å². The van der Waals surface area contributed by atoms with Crippen LogP contribution in [0.5, 0.6) is 0 Å². The van der Waals surface area contributed by atoms with Crippen LogP contribution in [0.2, 0.25) is 0 Å². The minimum Gasteiger partial charge on any atom is -0.462 e. The lowest BCUT2D eigenvalue weighted by Gasteiger charge is -2.21. The molecule has 0 aromatic heterocycles. The van der Waals surface area contributed by atoms with E-state index in [0.29, 0.717) is 0 Å². The number of hydrogen-bond donors (Lipinski definition) is 1. The lowest BCUT2D eigenvalue weighted by atomic mass is 10.0. The minimum absolute atomic E-state index is 0.0938. The summed E-state index contributed by atoms with van der Waals surface area (Å²) in [5, 5.41) is 10.4. The third-order valence-electron chi connectivity index (χ3n) is 2.40. The average Bonchev–Trinajstić information content (AvgIpc) is 2.38. The lowest BCUT2D eigenvalue weighted by Crippen LogP contribution is -2.41. The fourth-order valence-corrected chi connectivity index (χ4v) is 1.37. The number of nitro groups is 1. The van der Waals surface area contributed by atoms with Crippen LogP contribution < -0.4 is 5.73 Å². The zero-order valence-corrected chi connectivity index (χ0v) is 10.0. The maximum Gasteiger partial charge on any atom is 0.379 e. The topological polar surface area (TPSA) is 95.5 Å². The smallest absolute Gasteiger partial charge is 0.379 e. The van der Waals surface area contributed by atoms with Gasteiger partial charge in [0.15, 0.2) is 0 Å². The van der Waals surface area contributed by atoms with Crippen molar-refractivity contribution in [1.82, 2.24) is 0 Å². The summed E-state index contributed by atoms with van der Waals surface area (Å²) >= 11 is 0. The van der Waals surface area contributed by atoms with Crippen LogP contribution in [0.1, 0.15) is 18.5 Å². The van der Waals surface area contributed by atoms with Gasteiger partial charge in [0.05, 0.1) is 11.5 Å². The monoisotopic (exact) mass is 274 g/mol. The van der Waals surface area contributed by atoms with E-state index in [9.17, 15) is 23.7 Å². The number of rotatable bonds is 5. The second-order valence-corrected chi connectivity index (χ2v) is 3.67. The Labute approximate surface area is 107 Å². The Morgan fingerprint density at radius 1 is 1.47 bits per heavy atom. The summed E-state index contributed by atoms with van der Waals surface area (Å²) in [7, 11) is 0. The van der Waals surface area contributed by atoms with Crippen molar-refractivity contribution in [3.05, 3.63) is 39.9 Å². The first-order valence-electron chi connectivity index (χ1n) is 5.35. The van der Waals surface area contributed by atoms with Crippen LogP contribution in [0.25, 0.3) is 0 Å². The summed E-state index contributed by atoms with van der Waals surface area (Å²) in [4.78, 5) is 20.9. The van der Waals surface area contributed by atoms with Gasteiger partial charge in [-0.3, -0.25) is 10.1 Å². The molecule has 0 radical (unpaired) electrons. The minimum atomic E-state index is -3.90. The van der Waals surface area contributed by atoms with Crippen molar-refractivity contribution in [3.8, 4) is 0 Å². The number of ether oxygens (including phenoxy) is 1. The standard InChI is InChI=1S/C11H12F2N2O4/c1-2-19-10(16)11(12,13)9(14)7-3-5-8(6-4-7)15(17)18/h3-6,9H,2,14H2,1H3/t9-/m1/s1. The molecule has 0 heterocycles. The van der Waals surface area contributed by atoms with E-state index in [1.54, 1.807) is 0 Å². The molecule has 0 saturated heterocycles. The third kappa shape index (κ3) is 3.22. The Morgan fingerprint density at radius 3 is 2.42 bits per heavy atom. The summed E-state index contributed by atoms with van der Waals surface area (Å²) in [6.07, 6.45) is 0. The molecule has 0 unspecified atom stereocenters. The number of nitrogens with two attached hydrogens (primary N) is 1. The maximum atomic E-state index is 13.6. The molecule has 0 bridgehead atoms. The fourth-order valence-electron chi connectivity index (χ4n) is 1.37. The Kier molecular flexibility index (Phi) is 4.49. The molecule has 0 aliphatic rings. The highest BCUT2D eigenvalue weighted by atomic mass is 19.3. The van der Waals surface area contributed by atoms with Gasteiger partial charge in [-0.25, -0.2) is 4.79 Å². The molecule has 2 N–H and O–H groups in total. The second kappa shape index (κ2) is 5.70. The van der Waals surface area contributed by atoms with Crippen LogP contribution in [0.3, 0.4) is 0 Å². The van der Waals surface area contributed by atoms with Crippen molar-refractivity contribution in [3.63, 3.8) is 0 Å². The van der Waals surface area contributed by atoms with Crippen molar-refractivity contribution in [2.75, 3.05) is 6.61 Å². The lowest BCUT2D eigenvalue weighted by molar-refractivity contribution is -0.384. The highest BCUT2D eigenvalue weighted by molar-refractivity contribution is 5.78. The molecule has 1 rings (SSSR count). The van der Waals surface area contributed by atoms with Gasteiger partial charge in [-0.2, -0.15) is 8.78 Å². The van der Waals surface area contributed by atoms with Crippen LogP contribution in [0, 0.1) is 10.1 Å². The van der Waals surface area contributed by atoms with Gasteiger partial charge in [0, 0.05) is 12.1 Å². The van der Waals surface area contributed by atoms with Gasteiger partial charge in [-0.1, -0.05) is 12.1 Å². The number of nitro benzene ring substituents is 1. The van der Waals surface area contributed by atoms with Crippen LogP contribution in [0.15, 0.2) is 24.3 Å². The molecular formula is C11H12F2N2O4. The zero-order chi connectivity index (χ0) is 14.6. The predicted molar refractivity (Wildman–Crippen MR) is 61.6 cm³/mol. The Hall–Kier alpha value is -2.09. The van der Waals surface area contributed by atoms with E-state index in [4.69, 9.17) is 5.73 Å². The molecule has 1 aromatic rings. The summed E-state index contributed by atoms with van der Waals surface area (Å²) < 4.78 is 31.5. The summed E-state index contributed by atoms with van der Waals surface area (Å²) in [6.45, 7) is 1.20. The van der Waals surface area contributed by atoms with E-state index in [0.717, 1.165) is 24.3 Å². The molecule has 104 valence electrons. The van der Waals surface area contributed by atoms with E-state index >= 15 is 0 Å². The Bertz CT molecular complexity index is 476. The fraction of sp³-hybridized carbons (Fsp3) is 0.364. The van der Waals surface area contributed by atoms with E-state index in [-0.39, 0.29) is 17.9 Å². The molecule has 1 aromatic carbocycles. The predicted octanol–water partition coefficient (Wildman–Crippen LogP) is 1.79. The number of alkyl halides is 2. The number of non-ortho nitro benzene ring substituents is 1. The molecule has 0 aliphatic carbocycles. The quantitative estimate of drug-likeness (QED) is 0.501. The first kappa shape index (κ1) is 15.0. The average molecular weight is 274 g/mol. The molecule has 19 heavy (non-hydrogen) atoms. The summed E-state index contributed by atoms with van der Waals surface area (Å²) in [6, 6.07) is 2.31. The number of esters is 1.